The molecule has 1 aromatic heterocycles. The highest BCUT2D eigenvalue weighted by molar-refractivity contribution is 7.22. The molecule has 7 heteroatoms. The number of amides is 1. The Morgan fingerprint density at radius 2 is 2.38 bits per heavy atom. The number of carbonyl (C=O) groups excluding carboxylic acids is 1. The number of nitrogens with zero attached hydrogens (tertiary/aromatic N) is 3. The number of nitrogen functional groups attached to an aromatic ring is 1. The van der Waals surface area contributed by atoms with Crippen LogP contribution >= 0.6 is 11.3 Å². The lowest BCUT2D eigenvalue weighted by atomic mass is 10.2. The molecule has 1 amide bonds. The van der Waals surface area contributed by atoms with E-state index < -0.39 is 0 Å². The highest BCUT2D eigenvalue weighted by Crippen LogP contribution is 2.27. The van der Waals surface area contributed by atoms with E-state index in [1.54, 1.807) is 13.0 Å². The first kappa shape index (κ1) is 15.2. The summed E-state index contributed by atoms with van der Waals surface area (Å²) < 4.78 is 0.941. The molecule has 0 fully saturated rings. The molecule has 3 N–H and O–H groups in total. The van der Waals surface area contributed by atoms with Crippen molar-refractivity contribution in [3.05, 3.63) is 18.2 Å². The average molecular weight is 303 g/mol. The first-order valence-electron chi connectivity index (χ1n) is 6.55. The number of hydrogen-bond acceptors (Lipinski definition) is 6. The van der Waals surface area contributed by atoms with Crippen LogP contribution in [0.2, 0.25) is 0 Å². The number of aromatic nitrogens is 1. The van der Waals surface area contributed by atoms with Crippen molar-refractivity contribution in [2.75, 3.05) is 24.6 Å². The van der Waals surface area contributed by atoms with Crippen molar-refractivity contribution in [3.63, 3.8) is 0 Å². The Bertz CT molecular complexity index is 690. The van der Waals surface area contributed by atoms with Crippen molar-refractivity contribution in [1.82, 2.24) is 9.88 Å². The number of nitrogens with one attached hydrogen (secondary N) is 1. The molecule has 0 saturated heterocycles. The predicted octanol–water partition coefficient (Wildman–Crippen LogP) is 2.05. The molecule has 0 saturated carbocycles. The van der Waals surface area contributed by atoms with Crippen molar-refractivity contribution in [2.45, 2.75) is 19.4 Å². The van der Waals surface area contributed by atoms with Crippen molar-refractivity contribution in [1.29, 1.82) is 5.26 Å². The van der Waals surface area contributed by atoms with Gasteiger partial charge in [-0.1, -0.05) is 11.3 Å². The first-order valence-corrected chi connectivity index (χ1v) is 7.37. The van der Waals surface area contributed by atoms with E-state index in [1.165, 1.54) is 11.3 Å². The molecule has 2 rings (SSSR count). The quantitative estimate of drug-likeness (QED) is 0.824. The second-order valence-corrected chi connectivity index (χ2v) is 5.83. The van der Waals surface area contributed by atoms with Crippen LogP contribution in [0.25, 0.3) is 10.2 Å². The van der Waals surface area contributed by atoms with Gasteiger partial charge in [-0.05, 0) is 32.2 Å². The second-order valence-electron chi connectivity index (χ2n) is 4.80. The van der Waals surface area contributed by atoms with Crippen molar-refractivity contribution < 1.29 is 4.79 Å². The summed E-state index contributed by atoms with van der Waals surface area (Å²) in [6, 6.07) is 7.20. The molecule has 110 valence electrons. The van der Waals surface area contributed by atoms with Gasteiger partial charge in [0.15, 0.2) is 5.13 Å². The second kappa shape index (κ2) is 6.52. The number of rotatable bonds is 5. The van der Waals surface area contributed by atoms with E-state index in [-0.39, 0.29) is 11.9 Å². The highest BCUT2D eigenvalue weighted by Gasteiger charge is 2.19. The van der Waals surface area contributed by atoms with E-state index in [4.69, 9.17) is 11.0 Å². The fraction of sp³-hybridized carbons (Fsp3) is 0.357. The molecule has 0 spiro atoms. The molecule has 0 bridgehead atoms. The normalized spacial score (nSPS) is 12.3. The Labute approximate surface area is 127 Å². The number of hydrogen-bond donors (Lipinski definition) is 2. The number of nitriles is 1. The van der Waals surface area contributed by atoms with Gasteiger partial charge >= 0.3 is 0 Å². The number of carbonyl (C=O) groups is 1. The van der Waals surface area contributed by atoms with Crippen molar-refractivity contribution >= 4 is 38.3 Å². The molecule has 1 atom stereocenters. The van der Waals surface area contributed by atoms with Crippen molar-refractivity contribution in [2.24, 2.45) is 0 Å². The number of nitrogens with two attached hydrogens (primary N) is 1. The number of thiazole rings is 1. The maximum absolute atomic E-state index is 12.2. The van der Waals surface area contributed by atoms with Gasteiger partial charge < -0.3 is 11.1 Å². The lowest BCUT2D eigenvalue weighted by Gasteiger charge is -2.22. The first-order chi connectivity index (χ1) is 10.0. The van der Waals surface area contributed by atoms with E-state index in [0.717, 1.165) is 10.2 Å². The average Bonchev–Trinajstić information content (AvgIpc) is 2.84. The summed E-state index contributed by atoms with van der Waals surface area (Å²) in [5, 5.41) is 11.9. The van der Waals surface area contributed by atoms with Gasteiger partial charge in [0.1, 0.15) is 0 Å². The molecule has 1 heterocycles. The Balaban J connectivity index is 2.05. The van der Waals surface area contributed by atoms with Crippen LogP contribution < -0.4 is 11.1 Å². The molecule has 0 aliphatic rings. The Hall–Kier alpha value is -2.17. The fourth-order valence-electron chi connectivity index (χ4n) is 1.82. The Kier molecular flexibility index (Phi) is 4.73. The summed E-state index contributed by atoms with van der Waals surface area (Å²) in [6.07, 6.45) is 0.397. The van der Waals surface area contributed by atoms with E-state index in [9.17, 15) is 4.79 Å². The summed E-state index contributed by atoms with van der Waals surface area (Å²) in [4.78, 5) is 18.4. The molecule has 21 heavy (non-hydrogen) atoms. The zero-order valence-electron chi connectivity index (χ0n) is 12.0. The molecule has 1 unspecified atom stereocenters. The lowest BCUT2D eigenvalue weighted by molar-refractivity contribution is -0.120. The van der Waals surface area contributed by atoms with Gasteiger partial charge in [0.25, 0.3) is 0 Å². The van der Waals surface area contributed by atoms with Crippen LogP contribution in [-0.4, -0.2) is 35.4 Å². The third-order valence-electron chi connectivity index (χ3n) is 3.26. The Morgan fingerprint density at radius 3 is 3.10 bits per heavy atom. The fourth-order valence-corrected chi connectivity index (χ4v) is 2.74. The van der Waals surface area contributed by atoms with E-state index >= 15 is 0 Å². The van der Waals surface area contributed by atoms with Gasteiger partial charge in [-0.3, -0.25) is 9.69 Å². The molecule has 0 aliphatic heterocycles. The molecule has 1 aromatic carbocycles. The van der Waals surface area contributed by atoms with Crippen molar-refractivity contribution in [3.8, 4) is 6.07 Å². The molecular weight excluding hydrogens is 286 g/mol. The van der Waals surface area contributed by atoms with Crippen LogP contribution in [0.5, 0.6) is 0 Å². The predicted molar refractivity (Wildman–Crippen MR) is 85.0 cm³/mol. The number of fused-ring (bicyclic) bond motifs is 1. The number of likely N-dealkylation sites (N-methyl/N-ethyl adjacent to an activating group) is 1. The molecule has 0 aliphatic carbocycles. The van der Waals surface area contributed by atoms with Gasteiger partial charge in [0.05, 0.1) is 22.3 Å². The van der Waals surface area contributed by atoms with E-state index in [1.807, 2.05) is 24.1 Å². The topological polar surface area (TPSA) is 95.0 Å². The summed E-state index contributed by atoms with van der Waals surface area (Å²) >= 11 is 1.39. The van der Waals surface area contributed by atoms with Gasteiger partial charge in [-0.2, -0.15) is 5.26 Å². The summed E-state index contributed by atoms with van der Waals surface area (Å²) in [6.45, 7) is 2.36. The standard InChI is InChI=1S/C14H17N5OS/c1-9(19(2)7-3-6-15)13(20)18-14-17-11-5-4-10(16)8-12(11)21-14/h4-5,8-9H,3,7,16H2,1-2H3,(H,17,18,20). The van der Waals surface area contributed by atoms with Gasteiger partial charge in [-0.25, -0.2) is 4.98 Å². The van der Waals surface area contributed by atoms with Crippen LogP contribution in [0, 0.1) is 11.3 Å². The van der Waals surface area contributed by atoms with Gasteiger partial charge in [0, 0.05) is 18.7 Å². The zero-order chi connectivity index (χ0) is 15.4. The van der Waals surface area contributed by atoms with Gasteiger partial charge in [-0.15, -0.1) is 0 Å². The lowest BCUT2D eigenvalue weighted by Crippen LogP contribution is -2.39. The zero-order valence-corrected chi connectivity index (χ0v) is 12.8. The molecule has 6 nitrogen and oxygen atoms in total. The summed E-state index contributed by atoms with van der Waals surface area (Å²) in [7, 11) is 1.82. The van der Waals surface area contributed by atoms with Gasteiger partial charge in [0.2, 0.25) is 5.91 Å². The maximum atomic E-state index is 12.2. The van der Waals surface area contributed by atoms with E-state index in [2.05, 4.69) is 16.4 Å². The highest BCUT2D eigenvalue weighted by atomic mass is 32.1. The summed E-state index contributed by atoms with van der Waals surface area (Å²) in [5.41, 5.74) is 7.22. The number of anilines is 2. The van der Waals surface area contributed by atoms with Crippen LogP contribution in [-0.2, 0) is 4.79 Å². The van der Waals surface area contributed by atoms with E-state index in [0.29, 0.717) is 23.8 Å². The monoisotopic (exact) mass is 303 g/mol. The minimum Gasteiger partial charge on any atom is -0.399 e. The maximum Gasteiger partial charge on any atom is 0.243 e. The molecular formula is C14H17N5OS. The third kappa shape index (κ3) is 3.68. The third-order valence-corrected chi connectivity index (χ3v) is 4.19. The minimum absolute atomic E-state index is 0.137. The molecule has 0 radical (unpaired) electrons. The number of benzene rings is 1. The SMILES string of the molecule is CC(C(=O)Nc1nc2ccc(N)cc2s1)N(C)CCC#N. The van der Waals surface area contributed by atoms with Crippen LogP contribution in [0.15, 0.2) is 18.2 Å². The van der Waals surface area contributed by atoms with Crippen LogP contribution in [0.3, 0.4) is 0 Å². The summed E-state index contributed by atoms with van der Waals surface area (Å²) in [5.74, 6) is -0.137. The van der Waals surface area contributed by atoms with Crippen LogP contribution in [0.1, 0.15) is 13.3 Å². The van der Waals surface area contributed by atoms with Crippen LogP contribution in [0.4, 0.5) is 10.8 Å². The smallest absolute Gasteiger partial charge is 0.243 e. The molecule has 2 aromatic rings. The Morgan fingerprint density at radius 1 is 1.62 bits per heavy atom. The largest absolute Gasteiger partial charge is 0.399 e. The minimum atomic E-state index is -0.324.